The molecule has 11 nitrogen and oxygen atoms in total. The third kappa shape index (κ3) is 5.78. The first-order chi connectivity index (χ1) is 25.2. The standard InChI is InChI=1S/C41H53N7O4/c1-25(2)47-24-42-34-23-33(44-37(36(34)47)43-29-11-12-29)28-10-13-32-35(20-28)48(31-21-30(22-31)45-16-4-3-5-17-45)40(52)41(32)14-18-46(19-15-41)38(49)26-6-8-27(9-7-26)39(50)51/h10,13,20,23-27,29-31H,3-9,11-12,14-19,21-22H2,1-2H3,(H,43,44)(H,50,51)/t26-,27-,30-,31+. The number of hydrogen-bond donors (Lipinski definition) is 2. The number of rotatable bonds is 8. The third-order valence-electron chi connectivity index (χ3n) is 13.4. The molecule has 9 rings (SSSR count). The lowest BCUT2D eigenvalue weighted by Crippen LogP contribution is -2.58. The van der Waals surface area contributed by atoms with E-state index in [0.29, 0.717) is 63.7 Å². The van der Waals surface area contributed by atoms with Crippen molar-refractivity contribution < 1.29 is 19.5 Å². The van der Waals surface area contributed by atoms with Crippen LogP contribution in [0.3, 0.4) is 0 Å². The Morgan fingerprint density at radius 2 is 1.62 bits per heavy atom. The minimum atomic E-state index is -0.751. The number of hydrogen-bond acceptors (Lipinski definition) is 7. The van der Waals surface area contributed by atoms with E-state index in [1.807, 2.05) is 11.2 Å². The number of likely N-dealkylation sites (tertiary alicyclic amines) is 2. The van der Waals surface area contributed by atoms with Crippen molar-refractivity contribution in [1.82, 2.24) is 24.3 Å². The number of aromatic nitrogens is 3. The number of nitrogens with one attached hydrogen (secondary N) is 1. The Morgan fingerprint density at radius 3 is 2.29 bits per heavy atom. The molecular formula is C41H53N7O4. The fourth-order valence-corrected chi connectivity index (χ4v) is 10.0. The van der Waals surface area contributed by atoms with E-state index in [0.717, 1.165) is 78.1 Å². The molecular weight excluding hydrogens is 654 g/mol. The first-order valence-electron chi connectivity index (χ1n) is 20.1. The summed E-state index contributed by atoms with van der Waals surface area (Å²) >= 11 is 0. The van der Waals surface area contributed by atoms with Crippen molar-refractivity contribution in [3.05, 3.63) is 36.2 Å². The zero-order valence-corrected chi connectivity index (χ0v) is 30.7. The molecule has 2 N–H and O–H groups in total. The van der Waals surface area contributed by atoms with E-state index in [2.05, 4.69) is 57.8 Å². The number of anilines is 2. The molecule has 5 heterocycles. The summed E-state index contributed by atoms with van der Waals surface area (Å²) in [5.74, 6) is 0.00632. The van der Waals surface area contributed by atoms with E-state index in [1.165, 1.54) is 19.3 Å². The van der Waals surface area contributed by atoms with Crippen molar-refractivity contribution in [1.29, 1.82) is 0 Å². The highest BCUT2D eigenvalue weighted by Gasteiger charge is 2.56. The maximum atomic E-state index is 14.9. The Hall–Kier alpha value is -3.99. The maximum absolute atomic E-state index is 14.9. The summed E-state index contributed by atoms with van der Waals surface area (Å²) in [6.45, 7) is 7.76. The van der Waals surface area contributed by atoms with Gasteiger partial charge in [-0.2, -0.15) is 0 Å². The van der Waals surface area contributed by atoms with Gasteiger partial charge in [-0.3, -0.25) is 14.4 Å². The Kier molecular flexibility index (Phi) is 8.55. The molecule has 0 unspecified atom stereocenters. The SMILES string of the molecule is CC(C)n1cnc2cc(-c3ccc4c(c3)N([C@H]3C[C@@H](N5CCCCC5)C3)C(=O)C43CCN(C(=O)[C@H]4CC[C@H](C(=O)O)CC4)CC3)nc(NC3CC3)c21. The van der Waals surface area contributed by atoms with Crippen molar-refractivity contribution in [3.8, 4) is 11.3 Å². The summed E-state index contributed by atoms with van der Waals surface area (Å²) in [5, 5.41) is 13.1. The lowest BCUT2D eigenvalue weighted by molar-refractivity contribution is -0.146. The minimum absolute atomic E-state index is 0.118. The summed E-state index contributed by atoms with van der Waals surface area (Å²) in [5.41, 5.74) is 5.28. The molecule has 52 heavy (non-hydrogen) atoms. The fourth-order valence-electron chi connectivity index (χ4n) is 10.0. The van der Waals surface area contributed by atoms with Gasteiger partial charge in [-0.1, -0.05) is 18.6 Å². The average Bonchev–Trinajstić information content (AvgIpc) is 3.80. The van der Waals surface area contributed by atoms with Crippen LogP contribution in [0.25, 0.3) is 22.3 Å². The number of piperidine rings is 2. The van der Waals surface area contributed by atoms with Gasteiger partial charge in [0.1, 0.15) is 5.52 Å². The summed E-state index contributed by atoms with van der Waals surface area (Å²) in [4.78, 5) is 56.9. The first-order valence-corrected chi connectivity index (χ1v) is 20.1. The molecule has 2 saturated heterocycles. The van der Waals surface area contributed by atoms with Crippen LogP contribution in [0.2, 0.25) is 0 Å². The van der Waals surface area contributed by atoms with Crippen LogP contribution in [-0.2, 0) is 19.8 Å². The van der Waals surface area contributed by atoms with Crippen LogP contribution in [0.1, 0.15) is 109 Å². The van der Waals surface area contributed by atoms with E-state index < -0.39 is 11.4 Å². The van der Waals surface area contributed by atoms with Gasteiger partial charge in [0.25, 0.3) is 0 Å². The number of carbonyl (C=O) groups is 3. The number of carbonyl (C=O) groups excluding carboxylic acids is 2. The molecule has 5 fully saturated rings. The van der Waals surface area contributed by atoms with E-state index >= 15 is 0 Å². The Balaban J connectivity index is 1.02. The van der Waals surface area contributed by atoms with Crippen molar-refractivity contribution in [2.45, 2.75) is 127 Å². The van der Waals surface area contributed by atoms with Gasteiger partial charge in [0.05, 0.1) is 28.9 Å². The van der Waals surface area contributed by atoms with Crippen LogP contribution in [0.5, 0.6) is 0 Å². The van der Waals surface area contributed by atoms with E-state index in [9.17, 15) is 19.5 Å². The molecule has 11 heteroatoms. The number of carboxylic acid groups (broad SMARTS) is 1. The Morgan fingerprint density at radius 1 is 0.904 bits per heavy atom. The minimum Gasteiger partial charge on any atom is -0.481 e. The van der Waals surface area contributed by atoms with E-state index in [4.69, 9.17) is 9.97 Å². The van der Waals surface area contributed by atoms with Crippen LogP contribution in [0, 0.1) is 11.8 Å². The molecule has 3 aliphatic carbocycles. The lowest BCUT2D eigenvalue weighted by atomic mass is 9.73. The molecule has 0 atom stereocenters. The third-order valence-corrected chi connectivity index (χ3v) is 13.4. The molecule has 2 amide bonds. The largest absolute Gasteiger partial charge is 0.481 e. The Labute approximate surface area is 306 Å². The molecule has 0 radical (unpaired) electrons. The molecule has 6 aliphatic rings. The first kappa shape index (κ1) is 33.8. The summed E-state index contributed by atoms with van der Waals surface area (Å²) in [6.07, 6.45) is 13.7. The molecule has 3 aromatic rings. The van der Waals surface area contributed by atoms with Crippen molar-refractivity contribution in [3.63, 3.8) is 0 Å². The van der Waals surface area contributed by atoms with Gasteiger partial charge in [-0.05, 0) is 122 Å². The molecule has 276 valence electrons. The molecule has 2 aromatic heterocycles. The van der Waals surface area contributed by atoms with Crippen molar-refractivity contribution in [2.75, 3.05) is 36.4 Å². The zero-order chi connectivity index (χ0) is 35.7. The highest BCUT2D eigenvalue weighted by molar-refractivity contribution is 6.09. The van der Waals surface area contributed by atoms with Gasteiger partial charge in [-0.25, -0.2) is 9.97 Å². The number of aliphatic carboxylic acids is 1. The maximum Gasteiger partial charge on any atom is 0.306 e. The molecule has 3 saturated carbocycles. The smallest absolute Gasteiger partial charge is 0.306 e. The normalized spacial score (nSPS) is 27.6. The molecule has 1 aromatic carbocycles. The predicted octanol–water partition coefficient (Wildman–Crippen LogP) is 6.37. The number of carboxylic acids is 1. The summed E-state index contributed by atoms with van der Waals surface area (Å²) in [6, 6.07) is 10.0. The van der Waals surface area contributed by atoms with Crippen LogP contribution < -0.4 is 10.2 Å². The van der Waals surface area contributed by atoms with Crippen LogP contribution in [0.15, 0.2) is 30.6 Å². The molecule has 0 bridgehead atoms. The average molecular weight is 708 g/mol. The highest BCUT2D eigenvalue weighted by Crippen LogP contribution is 2.52. The van der Waals surface area contributed by atoms with Crippen molar-refractivity contribution in [2.24, 2.45) is 11.8 Å². The number of imidazole rings is 1. The number of nitrogens with zero attached hydrogens (tertiary/aromatic N) is 6. The van der Waals surface area contributed by atoms with E-state index in [1.54, 1.807) is 0 Å². The van der Waals surface area contributed by atoms with Crippen molar-refractivity contribution >= 4 is 40.3 Å². The topological polar surface area (TPSA) is 124 Å². The van der Waals surface area contributed by atoms with Gasteiger partial charge >= 0.3 is 5.97 Å². The van der Waals surface area contributed by atoms with Crippen LogP contribution in [0.4, 0.5) is 11.5 Å². The second kappa shape index (κ2) is 13.1. The lowest BCUT2D eigenvalue weighted by Gasteiger charge is -2.48. The monoisotopic (exact) mass is 707 g/mol. The fraction of sp³-hybridized carbons (Fsp3) is 0.634. The zero-order valence-electron chi connectivity index (χ0n) is 30.7. The molecule has 3 aliphatic heterocycles. The molecule has 1 spiro atoms. The summed E-state index contributed by atoms with van der Waals surface area (Å²) in [7, 11) is 0. The van der Waals surface area contributed by atoms with Gasteiger partial charge in [0.2, 0.25) is 11.8 Å². The van der Waals surface area contributed by atoms with Gasteiger partial charge in [-0.15, -0.1) is 0 Å². The Bertz CT molecular complexity index is 1870. The number of benzene rings is 1. The second-order valence-corrected chi connectivity index (χ2v) is 17.0. The predicted molar refractivity (Wildman–Crippen MR) is 200 cm³/mol. The van der Waals surface area contributed by atoms with Gasteiger partial charge in [0, 0.05) is 54.4 Å². The number of amides is 2. The van der Waals surface area contributed by atoms with Gasteiger partial charge in [0.15, 0.2) is 5.82 Å². The van der Waals surface area contributed by atoms with E-state index in [-0.39, 0.29) is 35.7 Å². The second-order valence-electron chi connectivity index (χ2n) is 17.0. The number of pyridine rings is 1. The quantitative estimate of drug-likeness (QED) is 0.277. The number of fused-ring (bicyclic) bond motifs is 3. The van der Waals surface area contributed by atoms with Crippen LogP contribution >= 0.6 is 0 Å². The highest BCUT2D eigenvalue weighted by atomic mass is 16.4. The van der Waals surface area contributed by atoms with Crippen LogP contribution in [-0.4, -0.2) is 91.5 Å². The van der Waals surface area contributed by atoms with Gasteiger partial charge < -0.3 is 29.7 Å². The summed E-state index contributed by atoms with van der Waals surface area (Å²) < 4.78 is 2.19.